The van der Waals surface area contributed by atoms with Crippen molar-refractivity contribution in [3.8, 4) is 0 Å². The summed E-state index contributed by atoms with van der Waals surface area (Å²) >= 11 is 2.82. The topological polar surface area (TPSA) is 140 Å². The molecule has 0 radical (unpaired) electrons. The molecule has 35 heavy (non-hydrogen) atoms. The Morgan fingerprint density at radius 2 is 1.91 bits per heavy atom. The van der Waals surface area contributed by atoms with E-state index >= 15 is 0 Å². The van der Waals surface area contributed by atoms with Crippen LogP contribution >= 0.6 is 22.7 Å². The molecule has 0 spiro atoms. The number of hydrogen-bond acceptors (Lipinski definition) is 10. The van der Waals surface area contributed by atoms with Gasteiger partial charge in [-0.3, -0.25) is 24.6 Å². The first-order valence-electron chi connectivity index (χ1n) is 11.2. The van der Waals surface area contributed by atoms with Crippen LogP contribution in [0.25, 0.3) is 0 Å². The van der Waals surface area contributed by atoms with Gasteiger partial charge in [0, 0.05) is 37.5 Å². The third-order valence-electron chi connectivity index (χ3n) is 5.74. The first-order chi connectivity index (χ1) is 17.0. The maximum absolute atomic E-state index is 12.3. The van der Waals surface area contributed by atoms with E-state index in [9.17, 15) is 9.59 Å². The Hall–Kier alpha value is -3.58. The molecule has 11 nitrogen and oxygen atoms in total. The summed E-state index contributed by atoms with van der Waals surface area (Å²) in [6, 6.07) is 7.15. The van der Waals surface area contributed by atoms with E-state index in [2.05, 4.69) is 41.1 Å². The zero-order valence-electron chi connectivity index (χ0n) is 18.9. The highest BCUT2D eigenvalue weighted by Gasteiger charge is 2.29. The molecule has 4 aromatic rings. The second kappa shape index (κ2) is 10.4. The molecule has 0 aromatic carbocycles. The molecule has 0 aliphatic heterocycles. The van der Waals surface area contributed by atoms with Crippen molar-refractivity contribution >= 4 is 44.8 Å². The number of aryl methyl sites for hydroxylation is 1. The summed E-state index contributed by atoms with van der Waals surface area (Å²) in [4.78, 5) is 28.7. The normalized spacial score (nSPS) is 17.4. The van der Waals surface area contributed by atoms with Crippen LogP contribution < -0.4 is 10.6 Å². The van der Waals surface area contributed by atoms with Crippen molar-refractivity contribution in [2.24, 2.45) is 13.0 Å². The minimum atomic E-state index is -0.298. The van der Waals surface area contributed by atoms with Crippen LogP contribution in [-0.2, 0) is 24.7 Å². The van der Waals surface area contributed by atoms with E-state index in [0.29, 0.717) is 33.5 Å². The van der Waals surface area contributed by atoms with Gasteiger partial charge in [-0.1, -0.05) is 28.7 Å². The molecular formula is C22H23N9O2S2. The Morgan fingerprint density at radius 1 is 1.06 bits per heavy atom. The van der Waals surface area contributed by atoms with E-state index in [0.717, 1.165) is 35.7 Å². The number of aromatic nitrogens is 7. The van der Waals surface area contributed by atoms with Crippen LogP contribution in [-0.4, -0.2) is 47.0 Å². The molecule has 1 aliphatic carbocycles. The highest BCUT2D eigenvalue weighted by molar-refractivity contribution is 7.15. The zero-order valence-corrected chi connectivity index (χ0v) is 20.6. The summed E-state index contributed by atoms with van der Waals surface area (Å²) in [5.74, 6) is 0.319. The number of amides is 2. The molecular weight excluding hydrogens is 486 g/mol. The maximum Gasteiger partial charge on any atom is 0.277 e. The molecule has 0 bridgehead atoms. The van der Waals surface area contributed by atoms with Crippen LogP contribution in [0.15, 0.2) is 36.7 Å². The van der Waals surface area contributed by atoms with Crippen LogP contribution in [0.2, 0.25) is 0 Å². The van der Waals surface area contributed by atoms with Crippen LogP contribution in [0.3, 0.4) is 0 Å². The van der Waals surface area contributed by atoms with Crippen LogP contribution in [0.1, 0.15) is 51.4 Å². The van der Waals surface area contributed by atoms with Gasteiger partial charge in [0.15, 0.2) is 5.69 Å². The first-order valence-corrected chi connectivity index (χ1v) is 12.8. The third kappa shape index (κ3) is 5.92. The molecule has 1 saturated carbocycles. The minimum Gasteiger partial charge on any atom is -0.300 e. The molecule has 2 N–H and O–H groups in total. The maximum atomic E-state index is 12.3. The number of carbonyl (C=O) groups excluding carboxylic acids is 2. The largest absolute Gasteiger partial charge is 0.300 e. The summed E-state index contributed by atoms with van der Waals surface area (Å²) in [7, 11) is 1.76. The Bertz CT molecular complexity index is 1320. The third-order valence-corrected chi connectivity index (χ3v) is 7.60. The minimum absolute atomic E-state index is 0.155. The highest BCUT2D eigenvalue weighted by atomic mass is 32.1. The Labute approximate surface area is 209 Å². The van der Waals surface area contributed by atoms with Gasteiger partial charge in [0.25, 0.3) is 5.91 Å². The van der Waals surface area contributed by atoms with Crippen molar-refractivity contribution in [2.75, 3.05) is 10.6 Å². The van der Waals surface area contributed by atoms with Gasteiger partial charge in [0.1, 0.15) is 10.0 Å². The van der Waals surface area contributed by atoms with E-state index in [1.54, 1.807) is 30.2 Å². The Kier molecular flexibility index (Phi) is 6.86. The molecule has 1 fully saturated rings. The van der Waals surface area contributed by atoms with E-state index in [4.69, 9.17) is 0 Å². The second-order valence-electron chi connectivity index (χ2n) is 8.40. The molecule has 13 heteroatoms. The SMILES string of the molecule is Cn1ccc(C(=O)Nc2nnc(CC3CCC(c4nnc(NC(=O)Cc5ccccn5)s4)C3)s2)n1. The van der Waals surface area contributed by atoms with Crippen molar-refractivity contribution in [1.29, 1.82) is 0 Å². The monoisotopic (exact) mass is 509 g/mol. The van der Waals surface area contributed by atoms with Crippen molar-refractivity contribution in [3.05, 3.63) is 58.1 Å². The van der Waals surface area contributed by atoms with Crippen LogP contribution in [0.5, 0.6) is 0 Å². The number of nitrogens with zero attached hydrogens (tertiary/aromatic N) is 7. The number of hydrogen-bond donors (Lipinski definition) is 2. The average molecular weight is 510 g/mol. The fourth-order valence-electron chi connectivity index (χ4n) is 4.10. The molecule has 2 unspecified atom stereocenters. The van der Waals surface area contributed by atoms with Gasteiger partial charge in [-0.05, 0) is 43.4 Å². The summed E-state index contributed by atoms with van der Waals surface area (Å²) in [6.07, 6.45) is 7.44. The smallest absolute Gasteiger partial charge is 0.277 e. The van der Waals surface area contributed by atoms with Gasteiger partial charge >= 0.3 is 0 Å². The molecule has 1 aliphatic rings. The lowest BCUT2D eigenvalue weighted by molar-refractivity contribution is -0.115. The molecule has 4 heterocycles. The summed E-state index contributed by atoms with van der Waals surface area (Å²) in [6.45, 7) is 0. The molecule has 0 saturated heterocycles. The number of pyridine rings is 1. The van der Waals surface area contributed by atoms with Gasteiger partial charge in [-0.2, -0.15) is 5.10 Å². The van der Waals surface area contributed by atoms with Crippen LogP contribution in [0, 0.1) is 5.92 Å². The second-order valence-corrected chi connectivity index (χ2v) is 10.5. The van der Waals surface area contributed by atoms with Gasteiger partial charge in [0.2, 0.25) is 16.2 Å². The van der Waals surface area contributed by atoms with Crippen molar-refractivity contribution < 1.29 is 9.59 Å². The van der Waals surface area contributed by atoms with Crippen LogP contribution in [0.4, 0.5) is 10.3 Å². The van der Waals surface area contributed by atoms with Crippen molar-refractivity contribution in [2.45, 2.75) is 38.0 Å². The molecule has 2 amide bonds. The lowest BCUT2D eigenvalue weighted by Crippen LogP contribution is -2.14. The lowest BCUT2D eigenvalue weighted by Gasteiger charge is -2.06. The molecule has 5 rings (SSSR count). The summed E-state index contributed by atoms with van der Waals surface area (Å²) in [5, 5.41) is 29.3. The summed E-state index contributed by atoms with van der Waals surface area (Å²) in [5.41, 5.74) is 1.05. The van der Waals surface area contributed by atoms with Crippen molar-refractivity contribution in [3.63, 3.8) is 0 Å². The number of anilines is 2. The fourth-order valence-corrected chi connectivity index (χ4v) is 5.85. The Balaban J connectivity index is 1.11. The van der Waals surface area contributed by atoms with Crippen molar-refractivity contribution in [1.82, 2.24) is 35.2 Å². The van der Waals surface area contributed by atoms with Gasteiger partial charge in [0.05, 0.1) is 6.42 Å². The number of carbonyl (C=O) groups is 2. The lowest BCUT2D eigenvalue weighted by atomic mass is 10.0. The van der Waals surface area contributed by atoms with E-state index < -0.39 is 0 Å². The highest BCUT2D eigenvalue weighted by Crippen LogP contribution is 2.41. The quantitative estimate of drug-likeness (QED) is 0.369. The number of rotatable bonds is 8. The molecule has 180 valence electrons. The van der Waals surface area contributed by atoms with E-state index in [1.165, 1.54) is 22.7 Å². The fraction of sp³-hybridized carbons (Fsp3) is 0.364. The number of nitrogens with one attached hydrogen (secondary N) is 2. The van der Waals surface area contributed by atoms with Gasteiger partial charge < -0.3 is 5.32 Å². The molecule has 2 atom stereocenters. The zero-order chi connectivity index (χ0) is 24.2. The summed E-state index contributed by atoms with van der Waals surface area (Å²) < 4.78 is 1.58. The predicted molar refractivity (Wildman–Crippen MR) is 131 cm³/mol. The van der Waals surface area contributed by atoms with Gasteiger partial charge in [-0.25, -0.2) is 0 Å². The van der Waals surface area contributed by atoms with Gasteiger partial charge in [-0.15, -0.1) is 20.4 Å². The predicted octanol–water partition coefficient (Wildman–Crippen LogP) is 3.08. The van der Waals surface area contributed by atoms with E-state index in [1.807, 2.05) is 18.2 Å². The molecule has 4 aromatic heterocycles. The first kappa shape index (κ1) is 23.2. The Morgan fingerprint density at radius 3 is 2.71 bits per heavy atom. The average Bonchev–Trinajstić information content (AvgIpc) is 3.63. The standard InChI is InChI=1S/C22H23N9O2S2/c1-31-9-7-16(30-31)19(33)25-22-28-26-18(34-22)11-13-5-6-14(10-13)20-27-29-21(35-20)24-17(32)12-15-4-2-3-8-23-15/h2-4,7-9,13-14H,5-6,10-12H2,1H3,(H,24,29,32)(H,25,28,33). The van der Waals surface area contributed by atoms with E-state index in [-0.39, 0.29) is 18.2 Å².